The Morgan fingerprint density at radius 3 is 2.33 bits per heavy atom. The Morgan fingerprint density at radius 2 is 1.67 bits per heavy atom. The maximum absolute atomic E-state index is 14.6. The number of benzene rings is 1. The lowest BCUT2D eigenvalue weighted by molar-refractivity contribution is -0.156. The van der Waals surface area contributed by atoms with E-state index in [2.05, 4.69) is 0 Å². The van der Waals surface area contributed by atoms with Crippen molar-refractivity contribution in [3.8, 4) is 5.75 Å². The Balaban J connectivity index is 1.44. The van der Waals surface area contributed by atoms with E-state index < -0.39 is 35.1 Å². The van der Waals surface area contributed by atoms with Gasteiger partial charge in [-0.25, -0.2) is 0 Å². The van der Waals surface area contributed by atoms with Crippen LogP contribution in [0.25, 0.3) is 0 Å². The average molecular weight is 578 g/mol. The summed E-state index contributed by atoms with van der Waals surface area (Å²) in [6.45, 7) is 6.69. The summed E-state index contributed by atoms with van der Waals surface area (Å²) in [6, 6.07) is 5.95. The standard InChI is InChI=1S/C33H43N3O6/c1-4-32-17-9-19-34(24-13-15-25(16-14-24)41-5-2)29(38)26(32)27-30(39)36(22(3)21-37)28-31(40)35(23-11-7-6-8-12-23)20-10-18-33(27,28)42-32/h9-10,13-18,22-23,26-28,37H,4-8,11-12,19-21H2,1-3H3/t22-,26-,27+,28?,32+,33+/m1/s1. The molecule has 1 saturated carbocycles. The van der Waals surface area contributed by atoms with E-state index in [1.807, 2.05) is 67.3 Å². The number of hydrogen-bond donors (Lipinski definition) is 1. The number of nitrogens with zero attached hydrogens (tertiary/aromatic N) is 3. The second kappa shape index (κ2) is 11.2. The molecule has 4 aliphatic heterocycles. The first-order valence-corrected chi connectivity index (χ1v) is 15.6. The minimum atomic E-state index is -1.32. The summed E-state index contributed by atoms with van der Waals surface area (Å²) in [4.78, 5) is 48.9. The van der Waals surface area contributed by atoms with E-state index in [1.165, 1.54) is 11.3 Å². The minimum absolute atomic E-state index is 0.107. The number of fused-ring (bicyclic) bond motifs is 2. The van der Waals surface area contributed by atoms with Crippen LogP contribution in [0.5, 0.6) is 5.75 Å². The number of carbonyl (C=O) groups excluding carboxylic acids is 3. The zero-order valence-electron chi connectivity index (χ0n) is 24.9. The largest absolute Gasteiger partial charge is 0.494 e. The highest BCUT2D eigenvalue weighted by molar-refractivity contribution is 6.04. The Hall–Kier alpha value is -3.17. The van der Waals surface area contributed by atoms with Crippen LogP contribution in [0.4, 0.5) is 5.69 Å². The molecule has 6 atom stereocenters. The second-order valence-electron chi connectivity index (χ2n) is 12.4. The number of aliphatic hydroxyl groups is 1. The molecule has 226 valence electrons. The number of likely N-dealkylation sites (tertiary alicyclic amines) is 1. The predicted molar refractivity (Wildman–Crippen MR) is 158 cm³/mol. The van der Waals surface area contributed by atoms with E-state index in [0.717, 1.165) is 31.4 Å². The summed E-state index contributed by atoms with van der Waals surface area (Å²) in [5.74, 6) is -1.67. The number of amides is 3. The molecule has 1 N–H and O–H groups in total. The molecule has 2 saturated heterocycles. The zero-order valence-corrected chi connectivity index (χ0v) is 24.9. The molecule has 1 spiro atoms. The fraction of sp³-hybridized carbons (Fsp3) is 0.606. The van der Waals surface area contributed by atoms with Crippen molar-refractivity contribution in [2.24, 2.45) is 11.8 Å². The number of carbonyl (C=O) groups is 3. The Morgan fingerprint density at radius 1 is 0.952 bits per heavy atom. The number of ether oxygens (including phenoxy) is 2. The average Bonchev–Trinajstić information content (AvgIpc) is 3.31. The summed E-state index contributed by atoms with van der Waals surface area (Å²) >= 11 is 0. The van der Waals surface area contributed by atoms with Gasteiger partial charge in [-0.15, -0.1) is 0 Å². The number of hydrogen-bond acceptors (Lipinski definition) is 6. The summed E-state index contributed by atoms with van der Waals surface area (Å²) < 4.78 is 12.7. The van der Waals surface area contributed by atoms with Gasteiger partial charge in [-0.1, -0.05) is 50.5 Å². The summed E-state index contributed by atoms with van der Waals surface area (Å²) in [7, 11) is 0. The zero-order chi connectivity index (χ0) is 29.6. The third-order valence-corrected chi connectivity index (χ3v) is 10.1. The van der Waals surface area contributed by atoms with Crippen molar-refractivity contribution in [3.05, 3.63) is 48.6 Å². The quantitative estimate of drug-likeness (QED) is 0.499. The SMILES string of the molecule is CCOc1ccc(N2CC=C[C@]3(CC)O[C@]45C=CCN(C6CCCCC6)C(=O)C4N([C@H](C)CO)C(=O)[C@@H]5[C@@H]3C2=O)cc1. The monoisotopic (exact) mass is 577 g/mol. The Kier molecular flexibility index (Phi) is 7.68. The van der Waals surface area contributed by atoms with Crippen molar-refractivity contribution in [2.45, 2.75) is 88.6 Å². The molecule has 4 heterocycles. The van der Waals surface area contributed by atoms with Gasteiger partial charge in [0.25, 0.3) is 0 Å². The number of anilines is 1. The Labute approximate surface area is 248 Å². The van der Waals surface area contributed by atoms with Crippen molar-refractivity contribution in [2.75, 3.05) is 31.2 Å². The molecule has 9 heteroatoms. The van der Waals surface area contributed by atoms with Gasteiger partial charge in [0.1, 0.15) is 17.4 Å². The van der Waals surface area contributed by atoms with Gasteiger partial charge in [-0.05, 0) is 57.4 Å². The molecule has 1 unspecified atom stereocenters. The van der Waals surface area contributed by atoms with Gasteiger partial charge in [0.2, 0.25) is 17.7 Å². The summed E-state index contributed by atoms with van der Waals surface area (Å²) in [5.41, 5.74) is -1.65. The van der Waals surface area contributed by atoms with Crippen molar-refractivity contribution in [1.29, 1.82) is 0 Å². The van der Waals surface area contributed by atoms with Crippen molar-refractivity contribution in [1.82, 2.24) is 9.80 Å². The molecule has 9 nitrogen and oxygen atoms in total. The van der Waals surface area contributed by atoms with E-state index in [-0.39, 0.29) is 30.4 Å². The number of rotatable bonds is 7. The fourth-order valence-corrected chi connectivity index (χ4v) is 8.12. The first kappa shape index (κ1) is 28.9. The third-order valence-electron chi connectivity index (χ3n) is 10.1. The van der Waals surface area contributed by atoms with Crippen LogP contribution in [0.3, 0.4) is 0 Å². The van der Waals surface area contributed by atoms with Crippen LogP contribution in [0.15, 0.2) is 48.6 Å². The lowest BCUT2D eigenvalue weighted by atomic mass is 9.73. The molecule has 5 aliphatic rings. The van der Waals surface area contributed by atoms with Crippen LogP contribution in [0, 0.1) is 11.8 Å². The molecule has 6 rings (SSSR count). The smallest absolute Gasteiger partial charge is 0.249 e. The highest BCUT2D eigenvalue weighted by Gasteiger charge is 2.75. The van der Waals surface area contributed by atoms with E-state index in [9.17, 15) is 19.5 Å². The first-order chi connectivity index (χ1) is 20.3. The van der Waals surface area contributed by atoms with E-state index >= 15 is 0 Å². The highest BCUT2D eigenvalue weighted by Crippen LogP contribution is 2.59. The van der Waals surface area contributed by atoms with Crippen LogP contribution in [-0.4, -0.2) is 88.3 Å². The molecule has 42 heavy (non-hydrogen) atoms. The predicted octanol–water partition coefficient (Wildman–Crippen LogP) is 3.46. The van der Waals surface area contributed by atoms with E-state index in [0.29, 0.717) is 31.8 Å². The van der Waals surface area contributed by atoms with Gasteiger partial charge in [-0.2, -0.15) is 0 Å². The lowest BCUT2D eigenvalue weighted by Crippen LogP contribution is -2.59. The molecule has 3 fully saturated rings. The highest BCUT2D eigenvalue weighted by atomic mass is 16.5. The molecule has 1 aromatic carbocycles. The molecule has 3 amide bonds. The molecule has 1 aromatic rings. The number of aliphatic hydroxyl groups excluding tert-OH is 1. The van der Waals surface area contributed by atoms with Gasteiger partial charge < -0.3 is 29.3 Å². The van der Waals surface area contributed by atoms with Crippen LogP contribution in [0.1, 0.15) is 59.3 Å². The fourth-order valence-electron chi connectivity index (χ4n) is 8.12. The van der Waals surface area contributed by atoms with Gasteiger partial charge in [0.05, 0.1) is 36.7 Å². The van der Waals surface area contributed by atoms with Crippen molar-refractivity contribution in [3.63, 3.8) is 0 Å². The van der Waals surface area contributed by atoms with Gasteiger partial charge >= 0.3 is 0 Å². The van der Waals surface area contributed by atoms with Crippen LogP contribution >= 0.6 is 0 Å². The van der Waals surface area contributed by atoms with Gasteiger partial charge in [0, 0.05) is 24.8 Å². The first-order valence-electron chi connectivity index (χ1n) is 15.6. The summed E-state index contributed by atoms with van der Waals surface area (Å²) in [5, 5.41) is 10.2. The second-order valence-corrected chi connectivity index (χ2v) is 12.4. The topological polar surface area (TPSA) is 99.6 Å². The van der Waals surface area contributed by atoms with Crippen LogP contribution in [-0.2, 0) is 19.1 Å². The van der Waals surface area contributed by atoms with E-state index in [4.69, 9.17) is 9.47 Å². The van der Waals surface area contributed by atoms with Crippen molar-refractivity contribution >= 4 is 23.4 Å². The molecule has 1 aliphatic carbocycles. The molecular weight excluding hydrogens is 534 g/mol. The molecule has 0 aromatic heterocycles. The molecular formula is C33H43N3O6. The van der Waals surface area contributed by atoms with Crippen LogP contribution < -0.4 is 9.64 Å². The lowest BCUT2D eigenvalue weighted by Gasteiger charge is -2.42. The maximum Gasteiger partial charge on any atom is 0.249 e. The van der Waals surface area contributed by atoms with Crippen molar-refractivity contribution < 1.29 is 29.0 Å². The Bertz CT molecular complexity index is 1270. The minimum Gasteiger partial charge on any atom is -0.494 e. The van der Waals surface area contributed by atoms with Gasteiger partial charge in [-0.3, -0.25) is 14.4 Å². The molecule has 0 bridgehead atoms. The van der Waals surface area contributed by atoms with Gasteiger partial charge in [0.15, 0.2) is 0 Å². The van der Waals surface area contributed by atoms with E-state index in [1.54, 1.807) is 11.8 Å². The maximum atomic E-state index is 14.6. The molecule has 0 radical (unpaired) electrons. The normalized spacial score (nSPS) is 33.8. The third kappa shape index (κ3) is 4.30. The summed E-state index contributed by atoms with van der Waals surface area (Å²) in [6.07, 6.45) is 13.4. The van der Waals surface area contributed by atoms with Crippen LogP contribution in [0.2, 0.25) is 0 Å².